The highest BCUT2D eigenvalue weighted by molar-refractivity contribution is 6.76. The van der Waals surface area contributed by atoms with Crippen molar-refractivity contribution in [1.82, 2.24) is 14.5 Å². The Bertz CT molecular complexity index is 715. The molecule has 0 spiro atoms. The number of ether oxygens (including phenoxy) is 2. The van der Waals surface area contributed by atoms with Gasteiger partial charge in [-0.2, -0.15) is 0 Å². The van der Waals surface area contributed by atoms with Gasteiger partial charge in [-0.1, -0.05) is 19.6 Å². The fourth-order valence-corrected chi connectivity index (χ4v) is 3.00. The predicted octanol–water partition coefficient (Wildman–Crippen LogP) is 3.38. The van der Waals surface area contributed by atoms with Gasteiger partial charge in [-0.3, -0.25) is 9.78 Å². The van der Waals surface area contributed by atoms with Gasteiger partial charge in [0.15, 0.2) is 6.10 Å². The molecule has 0 bridgehead atoms. The van der Waals surface area contributed by atoms with E-state index < -0.39 is 26.0 Å². The quantitative estimate of drug-likeness (QED) is 0.408. The van der Waals surface area contributed by atoms with Gasteiger partial charge >= 0.3 is 5.97 Å². The van der Waals surface area contributed by atoms with Crippen molar-refractivity contribution in [2.75, 3.05) is 6.61 Å². The predicted molar refractivity (Wildman–Crippen MR) is 94.1 cm³/mol. The molecule has 1 unspecified atom stereocenters. The van der Waals surface area contributed by atoms with Crippen molar-refractivity contribution in [1.29, 1.82) is 0 Å². The van der Waals surface area contributed by atoms with Crippen molar-refractivity contribution in [3.8, 4) is 0 Å². The Balaban J connectivity index is 2.18. The van der Waals surface area contributed by atoms with Gasteiger partial charge < -0.3 is 14.0 Å². The maximum atomic E-state index is 14.1. The van der Waals surface area contributed by atoms with Gasteiger partial charge in [-0.05, 0) is 12.1 Å². The van der Waals surface area contributed by atoms with E-state index in [0.717, 1.165) is 12.2 Å². The molecule has 0 aliphatic rings. The molecule has 0 aliphatic heterocycles. The normalized spacial score (nSPS) is 12.8. The Labute approximate surface area is 148 Å². The molecule has 0 saturated heterocycles. The number of hydrogen-bond donors (Lipinski definition) is 0. The summed E-state index contributed by atoms with van der Waals surface area (Å²) < 4.78 is 26.9. The van der Waals surface area contributed by atoms with Crippen molar-refractivity contribution in [2.24, 2.45) is 0 Å². The Hall–Kier alpha value is -2.06. The second kappa shape index (κ2) is 8.35. The van der Waals surface area contributed by atoms with E-state index in [4.69, 9.17) is 9.47 Å². The van der Waals surface area contributed by atoms with Crippen LogP contribution in [0.5, 0.6) is 0 Å². The third kappa shape index (κ3) is 5.75. The number of aromatic nitrogens is 3. The Morgan fingerprint density at radius 1 is 1.32 bits per heavy atom. The van der Waals surface area contributed by atoms with Crippen LogP contribution < -0.4 is 0 Å². The number of hydrogen-bond acceptors (Lipinski definition) is 5. The van der Waals surface area contributed by atoms with Crippen molar-refractivity contribution in [3.05, 3.63) is 48.1 Å². The average molecular weight is 365 g/mol. The molecule has 1 atom stereocenters. The monoisotopic (exact) mass is 365 g/mol. The van der Waals surface area contributed by atoms with Crippen molar-refractivity contribution in [3.63, 3.8) is 0 Å². The maximum Gasteiger partial charge on any atom is 0.303 e. The van der Waals surface area contributed by atoms with E-state index in [1.54, 1.807) is 17.1 Å². The molecule has 2 heterocycles. The second-order valence-electron chi connectivity index (χ2n) is 7.02. The standard InChI is InChI=1S/C17H24FN3O3Si/c1-13(22)24-17(14-5-6-19-9-15(14)18)16-10-20-11-21(16)12-23-7-8-25(2,3)4/h5-6,9-11,17H,7-8,12H2,1-4H3. The highest BCUT2D eigenvalue weighted by Gasteiger charge is 2.24. The van der Waals surface area contributed by atoms with E-state index in [9.17, 15) is 9.18 Å². The first-order valence-corrected chi connectivity index (χ1v) is 11.8. The summed E-state index contributed by atoms with van der Waals surface area (Å²) in [4.78, 5) is 19.3. The van der Waals surface area contributed by atoms with Crippen LogP contribution in [0.3, 0.4) is 0 Å². The molecule has 0 amide bonds. The minimum atomic E-state index is -1.17. The molecule has 0 N–H and O–H groups in total. The minimum absolute atomic E-state index is 0.231. The SMILES string of the molecule is CC(=O)OC(c1ccncc1F)c1cncn1COCC[Si](C)(C)C. The van der Waals surface area contributed by atoms with E-state index in [1.165, 1.54) is 19.2 Å². The number of pyridine rings is 1. The lowest BCUT2D eigenvalue weighted by Gasteiger charge is -2.20. The molecule has 0 aliphatic carbocycles. The van der Waals surface area contributed by atoms with Crippen molar-refractivity contribution >= 4 is 14.0 Å². The second-order valence-corrected chi connectivity index (χ2v) is 12.6. The first kappa shape index (κ1) is 19.3. The van der Waals surface area contributed by atoms with Gasteiger partial charge in [0.2, 0.25) is 0 Å². The number of nitrogens with zero attached hydrogens (tertiary/aromatic N) is 3. The lowest BCUT2D eigenvalue weighted by atomic mass is 10.1. The maximum absolute atomic E-state index is 14.1. The average Bonchev–Trinajstić information content (AvgIpc) is 2.97. The fourth-order valence-electron chi connectivity index (χ4n) is 2.25. The zero-order valence-electron chi connectivity index (χ0n) is 15.0. The van der Waals surface area contributed by atoms with Gasteiger partial charge in [0.1, 0.15) is 12.5 Å². The van der Waals surface area contributed by atoms with Crippen molar-refractivity contribution < 1.29 is 18.7 Å². The molecule has 2 aromatic heterocycles. The summed E-state index contributed by atoms with van der Waals surface area (Å²) in [6, 6.07) is 2.54. The highest BCUT2D eigenvalue weighted by atomic mass is 28.3. The minimum Gasteiger partial charge on any atom is -0.451 e. The summed E-state index contributed by atoms with van der Waals surface area (Å²) in [6.45, 7) is 9.04. The van der Waals surface area contributed by atoms with Crippen LogP contribution in [0.1, 0.15) is 24.3 Å². The Kier molecular flexibility index (Phi) is 6.43. The summed E-state index contributed by atoms with van der Waals surface area (Å²) in [7, 11) is -1.17. The molecule has 136 valence electrons. The lowest BCUT2D eigenvalue weighted by Crippen LogP contribution is -2.22. The van der Waals surface area contributed by atoms with Gasteiger partial charge in [0, 0.05) is 33.4 Å². The van der Waals surface area contributed by atoms with Crippen LogP contribution >= 0.6 is 0 Å². The summed E-state index contributed by atoms with van der Waals surface area (Å²) >= 11 is 0. The number of esters is 1. The highest BCUT2D eigenvalue weighted by Crippen LogP contribution is 2.27. The molecule has 2 aromatic rings. The number of carbonyl (C=O) groups excluding carboxylic acids is 1. The van der Waals surface area contributed by atoms with Crippen molar-refractivity contribution in [2.45, 2.75) is 45.4 Å². The number of rotatable bonds is 8. The van der Waals surface area contributed by atoms with Gasteiger partial charge in [-0.25, -0.2) is 9.37 Å². The molecule has 8 heteroatoms. The zero-order valence-corrected chi connectivity index (χ0v) is 16.0. The van der Waals surface area contributed by atoms with E-state index >= 15 is 0 Å². The molecule has 25 heavy (non-hydrogen) atoms. The van der Waals surface area contributed by atoms with E-state index in [1.807, 2.05) is 0 Å². The number of imidazole rings is 1. The summed E-state index contributed by atoms with van der Waals surface area (Å²) in [5.41, 5.74) is 0.780. The molecule has 6 nitrogen and oxygen atoms in total. The fraction of sp³-hybridized carbons (Fsp3) is 0.471. The first-order chi connectivity index (χ1) is 11.8. The Morgan fingerprint density at radius 2 is 2.08 bits per heavy atom. The zero-order chi connectivity index (χ0) is 18.4. The van der Waals surface area contributed by atoms with E-state index in [-0.39, 0.29) is 12.3 Å². The van der Waals surface area contributed by atoms with E-state index in [2.05, 4.69) is 29.6 Å². The third-order valence-electron chi connectivity index (χ3n) is 3.61. The van der Waals surface area contributed by atoms with Crippen LogP contribution in [0, 0.1) is 5.82 Å². The summed E-state index contributed by atoms with van der Waals surface area (Å²) in [6.07, 6.45) is 4.79. The first-order valence-electron chi connectivity index (χ1n) is 8.12. The lowest BCUT2D eigenvalue weighted by molar-refractivity contribution is -0.145. The van der Waals surface area contributed by atoms with Crippen LogP contribution in [0.15, 0.2) is 31.0 Å². The number of halogens is 1. The topological polar surface area (TPSA) is 66.2 Å². The Morgan fingerprint density at radius 3 is 2.72 bits per heavy atom. The van der Waals surface area contributed by atoms with Crippen LogP contribution in [0.2, 0.25) is 25.7 Å². The molecule has 0 fully saturated rings. The summed E-state index contributed by atoms with van der Waals surface area (Å²) in [5, 5.41) is 0. The van der Waals surface area contributed by atoms with Gasteiger partial charge in [0.05, 0.1) is 24.4 Å². The van der Waals surface area contributed by atoms with Crippen LogP contribution in [-0.2, 0) is 21.0 Å². The summed E-state index contributed by atoms with van der Waals surface area (Å²) in [5.74, 6) is -1.05. The third-order valence-corrected chi connectivity index (χ3v) is 5.31. The van der Waals surface area contributed by atoms with Gasteiger partial charge in [0.25, 0.3) is 0 Å². The smallest absolute Gasteiger partial charge is 0.303 e. The molecule has 0 aromatic carbocycles. The number of carbonyl (C=O) groups is 1. The van der Waals surface area contributed by atoms with E-state index in [0.29, 0.717) is 12.3 Å². The largest absolute Gasteiger partial charge is 0.451 e. The molecule has 0 saturated carbocycles. The van der Waals surface area contributed by atoms with Crippen LogP contribution in [0.4, 0.5) is 4.39 Å². The molecular weight excluding hydrogens is 341 g/mol. The molecule has 0 radical (unpaired) electrons. The molecule has 2 rings (SSSR count). The molecular formula is C17H24FN3O3Si. The van der Waals surface area contributed by atoms with Crippen LogP contribution in [0.25, 0.3) is 0 Å². The van der Waals surface area contributed by atoms with Gasteiger partial charge in [-0.15, -0.1) is 0 Å². The van der Waals surface area contributed by atoms with Crippen LogP contribution in [-0.4, -0.2) is 35.2 Å².